The van der Waals surface area contributed by atoms with Crippen LogP contribution in [0.1, 0.15) is 29.6 Å². The number of anilines is 1. The highest BCUT2D eigenvalue weighted by Crippen LogP contribution is 2.43. The Morgan fingerprint density at radius 1 is 1.32 bits per heavy atom. The van der Waals surface area contributed by atoms with Gasteiger partial charge in [0.1, 0.15) is 11.6 Å². The van der Waals surface area contributed by atoms with Crippen molar-refractivity contribution >= 4 is 5.69 Å². The number of hydrogen-bond acceptors (Lipinski definition) is 6. The van der Waals surface area contributed by atoms with Crippen LogP contribution in [0.3, 0.4) is 0 Å². The number of ether oxygens (including phenoxy) is 1. The molecular formula is C21H25N5O2. The predicted molar refractivity (Wildman–Crippen MR) is 107 cm³/mol. The molecule has 146 valence electrons. The standard InChI is InChI=1S/C21H25N5O2/c1-24(2)13-19-15-9-14(17-5-4-6-20(27)26(17)19)11-25(12-15)18-7-8-23-21(28-3)16(18)10-22/h4-8,14-15,19H,9,11-13H2,1-3H3/t14-,15+,19+/m1/s1. The Morgan fingerprint density at radius 3 is 2.86 bits per heavy atom. The minimum Gasteiger partial charge on any atom is -0.480 e. The number of nitriles is 1. The summed E-state index contributed by atoms with van der Waals surface area (Å²) in [5.41, 5.74) is 2.51. The summed E-state index contributed by atoms with van der Waals surface area (Å²) in [6, 6.07) is 9.86. The van der Waals surface area contributed by atoms with Crippen LogP contribution in [0.4, 0.5) is 5.69 Å². The summed E-state index contributed by atoms with van der Waals surface area (Å²) in [6.07, 6.45) is 2.75. The SMILES string of the molecule is COc1nccc(N2C[C@H]3C[C@@H](C2)[C@H](CN(C)C)n2c3cccc2=O)c1C#N. The molecule has 0 radical (unpaired) electrons. The van der Waals surface area contributed by atoms with Gasteiger partial charge in [0, 0.05) is 43.5 Å². The summed E-state index contributed by atoms with van der Waals surface area (Å²) < 4.78 is 7.30. The number of nitrogens with zero attached hydrogens (tertiary/aromatic N) is 5. The van der Waals surface area contributed by atoms with Gasteiger partial charge in [-0.3, -0.25) is 4.79 Å². The highest BCUT2D eigenvalue weighted by Gasteiger charge is 2.41. The van der Waals surface area contributed by atoms with Crippen LogP contribution in [0.25, 0.3) is 0 Å². The number of likely N-dealkylation sites (N-methyl/N-ethyl adjacent to an activating group) is 1. The lowest BCUT2D eigenvalue weighted by molar-refractivity contribution is 0.174. The van der Waals surface area contributed by atoms with Crippen molar-refractivity contribution in [3.63, 3.8) is 0 Å². The zero-order chi connectivity index (χ0) is 19.8. The Bertz CT molecular complexity index is 977. The van der Waals surface area contributed by atoms with E-state index in [1.807, 2.05) is 30.8 Å². The van der Waals surface area contributed by atoms with E-state index in [4.69, 9.17) is 4.74 Å². The van der Waals surface area contributed by atoms with Crippen LogP contribution < -0.4 is 15.2 Å². The zero-order valence-electron chi connectivity index (χ0n) is 16.5. The van der Waals surface area contributed by atoms with Crippen molar-refractivity contribution in [2.24, 2.45) is 5.92 Å². The molecular weight excluding hydrogens is 354 g/mol. The summed E-state index contributed by atoms with van der Waals surface area (Å²) in [7, 11) is 5.62. The van der Waals surface area contributed by atoms with Gasteiger partial charge in [-0.05, 0) is 38.6 Å². The predicted octanol–water partition coefficient (Wildman–Crippen LogP) is 1.85. The third-order valence-corrected chi connectivity index (χ3v) is 5.89. The van der Waals surface area contributed by atoms with Crippen molar-refractivity contribution in [2.45, 2.75) is 18.4 Å². The van der Waals surface area contributed by atoms with E-state index in [0.717, 1.165) is 37.4 Å². The highest BCUT2D eigenvalue weighted by molar-refractivity contribution is 5.63. The Morgan fingerprint density at radius 2 is 2.14 bits per heavy atom. The second-order valence-corrected chi connectivity index (χ2v) is 7.91. The fourth-order valence-electron chi connectivity index (χ4n) is 4.80. The zero-order valence-corrected chi connectivity index (χ0v) is 16.5. The second-order valence-electron chi connectivity index (χ2n) is 7.91. The van der Waals surface area contributed by atoms with Gasteiger partial charge in [0.15, 0.2) is 0 Å². The van der Waals surface area contributed by atoms with Crippen molar-refractivity contribution in [1.82, 2.24) is 14.5 Å². The van der Waals surface area contributed by atoms with Crippen LogP contribution in [0.2, 0.25) is 0 Å². The summed E-state index contributed by atoms with van der Waals surface area (Å²) in [4.78, 5) is 21.3. The number of pyridine rings is 2. The first-order valence-corrected chi connectivity index (χ1v) is 9.57. The molecule has 2 aliphatic heterocycles. The smallest absolute Gasteiger partial charge is 0.251 e. The Labute approximate surface area is 164 Å². The summed E-state index contributed by atoms with van der Waals surface area (Å²) in [5, 5.41) is 9.68. The molecule has 4 heterocycles. The normalized spacial score (nSPS) is 23.2. The molecule has 2 aromatic heterocycles. The van der Waals surface area contributed by atoms with Crippen molar-refractivity contribution in [1.29, 1.82) is 5.26 Å². The van der Waals surface area contributed by atoms with Crippen LogP contribution in [0.15, 0.2) is 35.3 Å². The quantitative estimate of drug-likeness (QED) is 0.807. The molecule has 0 saturated carbocycles. The molecule has 1 fully saturated rings. The van der Waals surface area contributed by atoms with E-state index in [-0.39, 0.29) is 17.5 Å². The van der Waals surface area contributed by atoms with Crippen molar-refractivity contribution in [3.8, 4) is 11.9 Å². The first-order valence-electron chi connectivity index (χ1n) is 9.57. The largest absolute Gasteiger partial charge is 0.480 e. The molecule has 2 aliphatic rings. The van der Waals surface area contributed by atoms with Crippen molar-refractivity contribution < 1.29 is 4.74 Å². The Balaban J connectivity index is 1.78. The van der Waals surface area contributed by atoms with Gasteiger partial charge < -0.3 is 19.1 Å². The molecule has 0 unspecified atom stereocenters. The molecule has 0 N–H and O–H groups in total. The van der Waals surface area contributed by atoms with E-state index in [1.54, 1.807) is 12.3 Å². The number of methoxy groups -OCH3 is 1. The van der Waals surface area contributed by atoms with E-state index in [0.29, 0.717) is 17.4 Å². The van der Waals surface area contributed by atoms with Gasteiger partial charge in [0.25, 0.3) is 5.56 Å². The van der Waals surface area contributed by atoms with Crippen LogP contribution >= 0.6 is 0 Å². The van der Waals surface area contributed by atoms with Crippen LogP contribution in [-0.2, 0) is 0 Å². The number of fused-ring (bicyclic) bond motifs is 4. The molecule has 7 nitrogen and oxygen atoms in total. The van der Waals surface area contributed by atoms with Gasteiger partial charge >= 0.3 is 0 Å². The number of hydrogen-bond donors (Lipinski definition) is 0. The van der Waals surface area contributed by atoms with Crippen LogP contribution in [0.5, 0.6) is 5.88 Å². The average molecular weight is 379 g/mol. The fraction of sp³-hybridized carbons (Fsp3) is 0.476. The minimum atomic E-state index is 0.0794. The molecule has 1 saturated heterocycles. The van der Waals surface area contributed by atoms with Crippen LogP contribution in [0, 0.1) is 17.2 Å². The Kier molecular flexibility index (Phi) is 4.82. The molecule has 2 aromatic rings. The summed E-state index contributed by atoms with van der Waals surface area (Å²) >= 11 is 0. The molecule has 2 bridgehead atoms. The van der Waals surface area contributed by atoms with Crippen molar-refractivity contribution in [2.75, 3.05) is 45.7 Å². The maximum Gasteiger partial charge on any atom is 0.251 e. The second kappa shape index (κ2) is 7.28. The van der Waals surface area contributed by atoms with Gasteiger partial charge in [-0.1, -0.05) is 6.07 Å². The lowest BCUT2D eigenvalue weighted by Crippen LogP contribution is -2.51. The number of aromatic nitrogens is 2. The molecule has 0 spiro atoms. The molecule has 0 amide bonds. The molecule has 28 heavy (non-hydrogen) atoms. The highest BCUT2D eigenvalue weighted by atomic mass is 16.5. The molecule has 4 rings (SSSR count). The third kappa shape index (κ3) is 3.04. The van der Waals surface area contributed by atoms with Crippen molar-refractivity contribution in [3.05, 3.63) is 52.1 Å². The maximum atomic E-state index is 12.7. The van der Waals surface area contributed by atoms with E-state index in [9.17, 15) is 10.1 Å². The summed E-state index contributed by atoms with van der Waals surface area (Å²) in [6.45, 7) is 2.39. The van der Waals surface area contributed by atoms with Gasteiger partial charge in [-0.25, -0.2) is 4.98 Å². The van der Waals surface area contributed by atoms with E-state index in [2.05, 4.69) is 26.9 Å². The van der Waals surface area contributed by atoms with E-state index < -0.39 is 0 Å². The third-order valence-electron chi connectivity index (χ3n) is 5.89. The summed E-state index contributed by atoms with van der Waals surface area (Å²) in [5.74, 6) is 0.952. The number of rotatable bonds is 4. The van der Waals surface area contributed by atoms with E-state index >= 15 is 0 Å². The van der Waals surface area contributed by atoms with Gasteiger partial charge in [0.05, 0.1) is 18.8 Å². The monoisotopic (exact) mass is 379 g/mol. The van der Waals surface area contributed by atoms with Gasteiger partial charge in [-0.15, -0.1) is 0 Å². The maximum absolute atomic E-state index is 12.7. The molecule has 0 aliphatic carbocycles. The lowest BCUT2D eigenvalue weighted by Gasteiger charge is -2.48. The van der Waals surface area contributed by atoms with Gasteiger partial charge in [0.2, 0.25) is 5.88 Å². The first kappa shape index (κ1) is 18.5. The van der Waals surface area contributed by atoms with Gasteiger partial charge in [-0.2, -0.15) is 5.26 Å². The topological polar surface area (TPSA) is 74.4 Å². The van der Waals surface area contributed by atoms with Crippen LogP contribution in [-0.4, -0.2) is 55.3 Å². The average Bonchev–Trinajstić information content (AvgIpc) is 2.70. The molecule has 0 aromatic carbocycles. The molecule has 7 heteroatoms. The number of piperidine rings is 1. The molecule has 3 atom stereocenters. The lowest BCUT2D eigenvalue weighted by atomic mass is 9.78. The van der Waals surface area contributed by atoms with E-state index in [1.165, 1.54) is 7.11 Å². The first-order chi connectivity index (χ1) is 13.5. The minimum absolute atomic E-state index is 0.0794. The Hall–Kier alpha value is -2.85. The fourth-order valence-corrected chi connectivity index (χ4v) is 4.80.